The topological polar surface area (TPSA) is 50.2 Å². The maximum Gasteiger partial charge on any atom is 0.242 e. The number of fused-ring (bicyclic) bond motifs is 1. The number of nitrogens with one attached hydrogen (secondary N) is 1. The fraction of sp³-hybridized carbons (Fsp3) is 0.474. The first kappa shape index (κ1) is 15.4. The Morgan fingerprint density at radius 2 is 2.04 bits per heavy atom. The minimum absolute atomic E-state index is 0.0417. The zero-order chi connectivity index (χ0) is 16.4. The fourth-order valence-electron chi connectivity index (χ4n) is 3.86. The Labute approximate surface area is 142 Å². The largest absolute Gasteiger partial charge is 0.315 e. The lowest BCUT2D eigenvalue weighted by atomic mass is 10.1. The second-order valence-electron chi connectivity index (χ2n) is 6.77. The summed E-state index contributed by atoms with van der Waals surface area (Å²) in [5, 5.41) is 3.13. The first-order chi connectivity index (χ1) is 11.8. The number of imidazole rings is 1. The summed E-state index contributed by atoms with van der Waals surface area (Å²) < 4.78 is 2.16. The van der Waals surface area contributed by atoms with Crippen molar-refractivity contribution in [3.63, 3.8) is 0 Å². The second-order valence-corrected chi connectivity index (χ2v) is 6.77. The smallest absolute Gasteiger partial charge is 0.242 e. The summed E-state index contributed by atoms with van der Waals surface area (Å²) in [6.07, 6.45) is 7.19. The Kier molecular flexibility index (Phi) is 4.34. The van der Waals surface area contributed by atoms with Crippen LogP contribution in [0.25, 0.3) is 0 Å². The molecule has 1 amide bonds. The average Bonchev–Trinajstić information content (AvgIpc) is 3.23. The molecular weight excluding hydrogens is 300 g/mol. The average molecular weight is 324 g/mol. The van der Waals surface area contributed by atoms with Crippen molar-refractivity contribution < 1.29 is 4.79 Å². The minimum atomic E-state index is -0.0417. The molecule has 1 fully saturated rings. The molecule has 4 rings (SSSR count). The van der Waals surface area contributed by atoms with E-state index in [1.807, 2.05) is 12.3 Å². The molecule has 3 heterocycles. The molecule has 1 aromatic heterocycles. The van der Waals surface area contributed by atoms with Crippen LogP contribution in [0, 0.1) is 0 Å². The molecule has 1 aromatic carbocycles. The standard InChI is InChI=1S/C19H24N4O/c24-19(21-18-13-20-17-10-4-5-12-23(17)18)16-9-6-11-22(16)14-15-7-2-1-3-8-15/h1-3,7-8,13,16H,4-6,9-12,14H2,(H,21,24)/t16-/m0/s1. The van der Waals surface area contributed by atoms with Crippen LogP contribution < -0.4 is 5.32 Å². The van der Waals surface area contributed by atoms with Crippen LogP contribution in [-0.4, -0.2) is 32.9 Å². The number of hydrogen-bond donors (Lipinski definition) is 1. The molecule has 5 heteroatoms. The van der Waals surface area contributed by atoms with Crippen LogP contribution in [-0.2, 0) is 24.3 Å². The van der Waals surface area contributed by atoms with Crippen LogP contribution >= 0.6 is 0 Å². The maximum atomic E-state index is 12.8. The normalized spacial score (nSPS) is 20.8. The maximum absolute atomic E-state index is 12.8. The predicted molar refractivity (Wildman–Crippen MR) is 93.7 cm³/mol. The summed E-state index contributed by atoms with van der Waals surface area (Å²) in [6, 6.07) is 10.3. The van der Waals surface area contributed by atoms with Crippen molar-refractivity contribution >= 4 is 11.7 Å². The SMILES string of the molecule is O=C(Nc1cnc2n1CCCC2)[C@@H]1CCCN1Cc1ccccc1. The number of aromatic nitrogens is 2. The van der Waals surface area contributed by atoms with E-state index in [-0.39, 0.29) is 11.9 Å². The highest BCUT2D eigenvalue weighted by Gasteiger charge is 2.31. The summed E-state index contributed by atoms with van der Waals surface area (Å²) in [6.45, 7) is 2.78. The zero-order valence-corrected chi connectivity index (χ0v) is 13.9. The van der Waals surface area contributed by atoms with Gasteiger partial charge in [-0.1, -0.05) is 30.3 Å². The van der Waals surface area contributed by atoms with Gasteiger partial charge in [-0.25, -0.2) is 4.98 Å². The van der Waals surface area contributed by atoms with E-state index in [1.54, 1.807) is 0 Å². The van der Waals surface area contributed by atoms with E-state index in [4.69, 9.17) is 0 Å². The van der Waals surface area contributed by atoms with Gasteiger partial charge in [-0.2, -0.15) is 0 Å². The molecule has 0 radical (unpaired) electrons. The van der Waals surface area contributed by atoms with Gasteiger partial charge < -0.3 is 9.88 Å². The van der Waals surface area contributed by atoms with Gasteiger partial charge in [-0.15, -0.1) is 0 Å². The molecule has 0 aliphatic carbocycles. The monoisotopic (exact) mass is 324 g/mol. The summed E-state index contributed by atoms with van der Waals surface area (Å²) in [7, 11) is 0. The first-order valence-corrected chi connectivity index (χ1v) is 8.94. The highest BCUT2D eigenvalue weighted by Crippen LogP contribution is 2.23. The number of likely N-dealkylation sites (tertiary alicyclic amines) is 1. The van der Waals surface area contributed by atoms with Crippen molar-refractivity contribution in [3.8, 4) is 0 Å². The molecule has 126 valence electrons. The molecule has 0 unspecified atom stereocenters. The van der Waals surface area contributed by atoms with Crippen molar-refractivity contribution in [2.75, 3.05) is 11.9 Å². The van der Waals surface area contributed by atoms with Crippen molar-refractivity contribution in [3.05, 3.63) is 47.9 Å². The summed E-state index contributed by atoms with van der Waals surface area (Å²) in [5.41, 5.74) is 1.26. The number of nitrogens with zero attached hydrogens (tertiary/aromatic N) is 3. The highest BCUT2D eigenvalue weighted by atomic mass is 16.2. The number of amides is 1. The van der Waals surface area contributed by atoms with Crippen molar-refractivity contribution in [2.45, 2.75) is 51.2 Å². The highest BCUT2D eigenvalue weighted by molar-refractivity contribution is 5.94. The van der Waals surface area contributed by atoms with E-state index >= 15 is 0 Å². The summed E-state index contributed by atoms with van der Waals surface area (Å²) >= 11 is 0. The third kappa shape index (κ3) is 3.08. The van der Waals surface area contributed by atoms with Gasteiger partial charge in [0.1, 0.15) is 11.6 Å². The molecule has 0 saturated carbocycles. The number of benzene rings is 1. The molecule has 5 nitrogen and oxygen atoms in total. The Balaban J connectivity index is 1.44. The van der Waals surface area contributed by atoms with E-state index in [0.29, 0.717) is 0 Å². The fourth-order valence-corrected chi connectivity index (χ4v) is 3.86. The van der Waals surface area contributed by atoms with E-state index < -0.39 is 0 Å². The second kappa shape index (κ2) is 6.77. The van der Waals surface area contributed by atoms with Crippen LogP contribution in [0.4, 0.5) is 5.82 Å². The molecule has 2 aliphatic rings. The van der Waals surface area contributed by atoms with Gasteiger partial charge in [0.15, 0.2) is 0 Å². The molecular formula is C19H24N4O. The van der Waals surface area contributed by atoms with Crippen molar-refractivity contribution in [2.24, 2.45) is 0 Å². The van der Waals surface area contributed by atoms with E-state index in [2.05, 4.69) is 44.0 Å². The Morgan fingerprint density at radius 3 is 2.92 bits per heavy atom. The molecule has 0 bridgehead atoms. The number of rotatable bonds is 4. The quantitative estimate of drug-likeness (QED) is 0.941. The number of hydrogen-bond acceptors (Lipinski definition) is 3. The minimum Gasteiger partial charge on any atom is -0.315 e. The zero-order valence-electron chi connectivity index (χ0n) is 13.9. The van der Waals surface area contributed by atoms with E-state index in [0.717, 1.165) is 57.0 Å². The lowest BCUT2D eigenvalue weighted by molar-refractivity contribution is -0.120. The van der Waals surface area contributed by atoms with Crippen LogP contribution in [0.5, 0.6) is 0 Å². The van der Waals surface area contributed by atoms with Gasteiger partial charge in [0.05, 0.1) is 12.2 Å². The molecule has 1 saturated heterocycles. The van der Waals surface area contributed by atoms with Gasteiger partial charge in [0.2, 0.25) is 5.91 Å². The van der Waals surface area contributed by atoms with Crippen LogP contribution in [0.2, 0.25) is 0 Å². The third-order valence-corrected chi connectivity index (χ3v) is 5.12. The van der Waals surface area contributed by atoms with Crippen LogP contribution in [0.15, 0.2) is 36.5 Å². The Bertz CT molecular complexity index is 709. The Hall–Kier alpha value is -2.14. The van der Waals surface area contributed by atoms with Crippen LogP contribution in [0.3, 0.4) is 0 Å². The molecule has 0 spiro atoms. The number of carbonyl (C=O) groups excluding carboxylic acids is 1. The summed E-state index contributed by atoms with van der Waals surface area (Å²) in [5.74, 6) is 2.07. The van der Waals surface area contributed by atoms with Crippen LogP contribution in [0.1, 0.15) is 37.1 Å². The molecule has 2 aliphatic heterocycles. The molecule has 24 heavy (non-hydrogen) atoms. The summed E-state index contributed by atoms with van der Waals surface area (Å²) in [4.78, 5) is 19.6. The van der Waals surface area contributed by atoms with Gasteiger partial charge >= 0.3 is 0 Å². The number of aryl methyl sites for hydroxylation is 1. The lowest BCUT2D eigenvalue weighted by Gasteiger charge is -2.24. The number of anilines is 1. The first-order valence-electron chi connectivity index (χ1n) is 8.94. The molecule has 1 N–H and O–H groups in total. The lowest BCUT2D eigenvalue weighted by Crippen LogP contribution is -2.39. The van der Waals surface area contributed by atoms with Crippen molar-refractivity contribution in [1.29, 1.82) is 0 Å². The van der Waals surface area contributed by atoms with Gasteiger partial charge in [0, 0.05) is 19.5 Å². The molecule has 1 atom stereocenters. The van der Waals surface area contributed by atoms with E-state index in [9.17, 15) is 4.79 Å². The Morgan fingerprint density at radius 1 is 1.17 bits per heavy atom. The third-order valence-electron chi connectivity index (χ3n) is 5.12. The number of carbonyl (C=O) groups is 1. The van der Waals surface area contributed by atoms with Gasteiger partial charge in [-0.3, -0.25) is 9.69 Å². The molecule has 2 aromatic rings. The van der Waals surface area contributed by atoms with Gasteiger partial charge in [0.25, 0.3) is 0 Å². The van der Waals surface area contributed by atoms with E-state index in [1.165, 1.54) is 12.0 Å². The van der Waals surface area contributed by atoms with Gasteiger partial charge in [-0.05, 0) is 37.8 Å². The van der Waals surface area contributed by atoms with Crippen molar-refractivity contribution in [1.82, 2.24) is 14.5 Å². The predicted octanol–water partition coefficient (Wildman–Crippen LogP) is 2.82.